The molecular weight excluding hydrogens is 378 g/mol. The first kappa shape index (κ1) is 19.1. The van der Waals surface area contributed by atoms with Gasteiger partial charge in [-0.15, -0.1) is 11.7 Å². The number of aromatic nitrogens is 3. The maximum Gasteiger partial charge on any atom is 0.251 e. The van der Waals surface area contributed by atoms with E-state index in [4.69, 9.17) is 22.1 Å². The van der Waals surface area contributed by atoms with E-state index in [9.17, 15) is 4.79 Å². The summed E-state index contributed by atoms with van der Waals surface area (Å²) in [6.45, 7) is 6.79. The van der Waals surface area contributed by atoms with Gasteiger partial charge in [-0.25, -0.2) is 0 Å². The molecule has 1 amide bonds. The van der Waals surface area contributed by atoms with E-state index in [2.05, 4.69) is 28.7 Å². The number of hydrogen-bond donors (Lipinski definition) is 1. The summed E-state index contributed by atoms with van der Waals surface area (Å²) in [5.74, 6) is -0.502. The average molecular weight is 402 g/mol. The summed E-state index contributed by atoms with van der Waals surface area (Å²) in [7, 11) is 1.85. The van der Waals surface area contributed by atoms with E-state index in [-0.39, 0.29) is 12.1 Å². The molecule has 28 heavy (non-hydrogen) atoms. The van der Waals surface area contributed by atoms with E-state index in [1.807, 2.05) is 31.5 Å². The molecule has 0 saturated carbocycles. The Morgan fingerprint density at radius 2 is 2.29 bits per heavy atom. The third-order valence-corrected chi connectivity index (χ3v) is 6.04. The van der Waals surface area contributed by atoms with Crippen molar-refractivity contribution in [1.82, 2.24) is 19.9 Å². The number of benzene rings is 1. The van der Waals surface area contributed by atoms with Gasteiger partial charge in [0.05, 0.1) is 17.3 Å². The molecule has 1 spiro atoms. The Balaban J connectivity index is 1.80. The summed E-state index contributed by atoms with van der Waals surface area (Å²) in [5.41, 5.74) is 7.65. The molecule has 4 rings (SSSR count). The van der Waals surface area contributed by atoms with Crippen LogP contribution in [0.25, 0.3) is 0 Å². The van der Waals surface area contributed by atoms with Crippen LogP contribution in [-0.4, -0.2) is 38.4 Å². The number of likely N-dealkylation sites (tertiary alicyclic amines) is 1. The van der Waals surface area contributed by atoms with E-state index in [0.29, 0.717) is 11.4 Å². The largest absolute Gasteiger partial charge is 0.367 e. The summed E-state index contributed by atoms with van der Waals surface area (Å²) in [6, 6.07) is 5.75. The predicted molar refractivity (Wildman–Crippen MR) is 105 cm³/mol. The summed E-state index contributed by atoms with van der Waals surface area (Å²) in [5, 5.41) is 9.02. The molecule has 7 nitrogen and oxygen atoms in total. The summed E-state index contributed by atoms with van der Waals surface area (Å²) >= 11 is 6.19. The number of nitrogens with two attached hydrogens (primary N) is 1. The van der Waals surface area contributed by atoms with Crippen molar-refractivity contribution in [2.45, 2.75) is 43.6 Å². The van der Waals surface area contributed by atoms with E-state index >= 15 is 0 Å². The molecule has 2 aliphatic heterocycles. The third kappa shape index (κ3) is 3.03. The van der Waals surface area contributed by atoms with Crippen LogP contribution in [0.2, 0.25) is 5.02 Å². The van der Waals surface area contributed by atoms with E-state index < -0.39 is 17.6 Å². The number of carbonyl (C=O) groups is 1. The zero-order chi connectivity index (χ0) is 20.1. The van der Waals surface area contributed by atoms with Crippen LogP contribution < -0.4 is 5.73 Å². The van der Waals surface area contributed by atoms with Gasteiger partial charge in [-0.1, -0.05) is 29.0 Å². The molecule has 1 saturated heterocycles. The molecule has 8 heteroatoms. The maximum absolute atomic E-state index is 12.1. The topological polar surface area (TPSA) is 86.3 Å². The highest BCUT2D eigenvalue weighted by Crippen LogP contribution is 2.54. The van der Waals surface area contributed by atoms with Gasteiger partial charge in [0.1, 0.15) is 0 Å². The molecule has 1 aromatic carbocycles. The van der Waals surface area contributed by atoms with Gasteiger partial charge in [0.25, 0.3) is 5.91 Å². The molecule has 3 heterocycles. The third-order valence-electron chi connectivity index (χ3n) is 5.81. The first-order valence-electron chi connectivity index (χ1n) is 9.34. The van der Waals surface area contributed by atoms with Gasteiger partial charge in [-0.05, 0) is 36.6 Å². The standard InChI is InChI=1S/C20H24ClN5O2/c1-4-7-26-12(2)9-20(10-17(26)16-11-25(3)24-23-16)15-6-5-13(21)8-14(15)18(28-20)19(22)27/h4-6,8,11-12,17-18H,1,7,9-10H2,2-3H3,(H2,22,27). The van der Waals surface area contributed by atoms with Gasteiger partial charge in [0.15, 0.2) is 6.10 Å². The molecule has 2 aromatic rings. The smallest absolute Gasteiger partial charge is 0.251 e. The summed E-state index contributed by atoms with van der Waals surface area (Å²) in [6.07, 6.45) is 4.40. The second-order valence-electron chi connectivity index (χ2n) is 7.70. The lowest BCUT2D eigenvalue weighted by molar-refractivity contribution is -0.157. The van der Waals surface area contributed by atoms with Crippen molar-refractivity contribution >= 4 is 17.5 Å². The number of halogens is 1. The molecule has 2 aliphatic rings. The van der Waals surface area contributed by atoms with Gasteiger partial charge < -0.3 is 10.5 Å². The Hall–Kier alpha value is -2.22. The van der Waals surface area contributed by atoms with Crippen LogP contribution in [0, 0.1) is 0 Å². The van der Waals surface area contributed by atoms with Crippen LogP contribution in [0.1, 0.15) is 48.7 Å². The van der Waals surface area contributed by atoms with Crippen molar-refractivity contribution in [2.24, 2.45) is 12.8 Å². The Morgan fingerprint density at radius 3 is 2.93 bits per heavy atom. The van der Waals surface area contributed by atoms with Crippen molar-refractivity contribution in [3.8, 4) is 0 Å². The van der Waals surface area contributed by atoms with Crippen LogP contribution in [0.4, 0.5) is 0 Å². The van der Waals surface area contributed by atoms with Crippen molar-refractivity contribution in [1.29, 1.82) is 0 Å². The molecule has 148 valence electrons. The van der Waals surface area contributed by atoms with Crippen LogP contribution >= 0.6 is 11.6 Å². The predicted octanol–water partition coefficient (Wildman–Crippen LogP) is 2.63. The minimum Gasteiger partial charge on any atom is -0.367 e. The lowest BCUT2D eigenvalue weighted by atomic mass is 9.76. The van der Waals surface area contributed by atoms with Crippen LogP contribution in [-0.2, 0) is 22.2 Å². The number of amides is 1. The normalized spacial score (nSPS) is 29.8. The quantitative estimate of drug-likeness (QED) is 0.796. The minimum absolute atomic E-state index is 0.0226. The monoisotopic (exact) mass is 401 g/mol. The molecule has 0 radical (unpaired) electrons. The van der Waals surface area contributed by atoms with Gasteiger partial charge in [0, 0.05) is 37.3 Å². The fourth-order valence-corrected chi connectivity index (χ4v) is 4.89. The number of hydrogen-bond acceptors (Lipinski definition) is 5. The van der Waals surface area contributed by atoms with Crippen LogP contribution in [0.5, 0.6) is 0 Å². The van der Waals surface area contributed by atoms with Gasteiger partial charge in [-0.3, -0.25) is 14.4 Å². The number of ether oxygens (including phenoxy) is 1. The number of rotatable bonds is 4. The van der Waals surface area contributed by atoms with E-state index in [1.165, 1.54) is 0 Å². The number of primary amides is 1. The summed E-state index contributed by atoms with van der Waals surface area (Å²) < 4.78 is 8.09. The number of fused-ring (bicyclic) bond motifs is 2. The number of nitrogens with zero attached hydrogens (tertiary/aromatic N) is 4. The van der Waals surface area contributed by atoms with Gasteiger partial charge in [0.2, 0.25) is 0 Å². The zero-order valence-corrected chi connectivity index (χ0v) is 16.8. The number of aryl methyl sites for hydroxylation is 1. The van der Waals surface area contributed by atoms with Gasteiger partial charge in [-0.2, -0.15) is 0 Å². The first-order valence-corrected chi connectivity index (χ1v) is 9.72. The molecule has 4 atom stereocenters. The maximum atomic E-state index is 12.1. The molecule has 1 fully saturated rings. The highest BCUT2D eigenvalue weighted by Gasteiger charge is 2.53. The van der Waals surface area contributed by atoms with Crippen molar-refractivity contribution in [2.75, 3.05) is 6.54 Å². The Morgan fingerprint density at radius 1 is 1.50 bits per heavy atom. The molecule has 1 aromatic heterocycles. The zero-order valence-electron chi connectivity index (χ0n) is 16.0. The Kier molecular flexibility index (Phi) is 4.77. The van der Waals surface area contributed by atoms with Crippen LogP contribution in [0.15, 0.2) is 37.1 Å². The lowest BCUT2D eigenvalue weighted by Crippen LogP contribution is -2.50. The lowest BCUT2D eigenvalue weighted by Gasteiger charge is -2.48. The highest BCUT2D eigenvalue weighted by molar-refractivity contribution is 6.30. The van der Waals surface area contributed by atoms with Crippen molar-refractivity contribution in [3.05, 3.63) is 58.9 Å². The second-order valence-corrected chi connectivity index (χ2v) is 8.14. The first-order chi connectivity index (χ1) is 13.3. The fraction of sp³-hybridized carbons (Fsp3) is 0.450. The van der Waals surface area contributed by atoms with Crippen molar-refractivity contribution in [3.63, 3.8) is 0 Å². The highest BCUT2D eigenvalue weighted by atomic mass is 35.5. The van der Waals surface area contributed by atoms with E-state index in [0.717, 1.165) is 29.8 Å². The molecule has 0 bridgehead atoms. The van der Waals surface area contributed by atoms with Crippen molar-refractivity contribution < 1.29 is 9.53 Å². The SMILES string of the molecule is C=CCN1C(C)CC2(CC1c1cn(C)nn1)OC(C(N)=O)c1cc(Cl)ccc12. The molecule has 4 unspecified atom stereocenters. The number of carbonyl (C=O) groups excluding carboxylic acids is 1. The molecular formula is C20H24ClN5O2. The van der Waals surface area contributed by atoms with E-state index in [1.54, 1.807) is 10.7 Å². The molecule has 2 N–H and O–H groups in total. The fourth-order valence-electron chi connectivity index (χ4n) is 4.71. The Bertz CT molecular complexity index is 929. The minimum atomic E-state index is -0.797. The number of piperidine rings is 1. The second kappa shape index (κ2) is 6.99. The Labute approximate surface area is 169 Å². The summed E-state index contributed by atoms with van der Waals surface area (Å²) in [4.78, 5) is 14.5. The van der Waals surface area contributed by atoms with Crippen LogP contribution in [0.3, 0.4) is 0 Å². The van der Waals surface area contributed by atoms with Gasteiger partial charge >= 0.3 is 0 Å². The average Bonchev–Trinajstić information content (AvgIpc) is 3.19. The molecule has 0 aliphatic carbocycles.